The minimum atomic E-state index is -0.806. The van der Waals surface area contributed by atoms with E-state index < -0.39 is 11.9 Å². The van der Waals surface area contributed by atoms with Gasteiger partial charge in [0.05, 0.1) is 17.0 Å². The number of carbonyl (C=O) groups excluding carboxylic acids is 1. The highest BCUT2D eigenvalue weighted by atomic mass is 35.5. The van der Waals surface area contributed by atoms with Crippen molar-refractivity contribution < 1.29 is 18.7 Å². The van der Waals surface area contributed by atoms with Crippen LogP contribution in [0.15, 0.2) is 24.4 Å². The van der Waals surface area contributed by atoms with Gasteiger partial charge < -0.3 is 19.3 Å². The lowest BCUT2D eigenvalue weighted by Crippen LogP contribution is -2.61. The zero-order valence-electron chi connectivity index (χ0n) is 21.9. The number of aromatic nitrogens is 5. The molecule has 0 saturated carbocycles. The molecule has 204 valence electrons. The van der Waals surface area contributed by atoms with Crippen molar-refractivity contribution in [3.05, 3.63) is 63.0 Å². The normalized spacial score (nSPS) is 18.3. The van der Waals surface area contributed by atoms with Crippen LogP contribution in [-0.2, 0) is 16.0 Å². The Morgan fingerprint density at radius 2 is 2.08 bits per heavy atom. The molecular weight excluding hydrogens is 545 g/mol. The number of aryl methyl sites for hydroxylation is 2. The van der Waals surface area contributed by atoms with Crippen LogP contribution in [0.2, 0.25) is 5.15 Å². The molecule has 0 spiro atoms. The van der Waals surface area contributed by atoms with Gasteiger partial charge in [0.1, 0.15) is 28.4 Å². The minimum Gasteiger partial charge on any atom is -0.481 e. The van der Waals surface area contributed by atoms with Crippen molar-refractivity contribution in [1.29, 1.82) is 0 Å². The van der Waals surface area contributed by atoms with Crippen LogP contribution in [-0.4, -0.2) is 74.3 Å². The fourth-order valence-corrected chi connectivity index (χ4v) is 6.10. The summed E-state index contributed by atoms with van der Waals surface area (Å²) < 4.78 is 28.3. The molecule has 1 fully saturated rings. The number of pyridine rings is 2. The number of ether oxygens (including phenoxy) is 2. The molecule has 1 amide bonds. The third-order valence-electron chi connectivity index (χ3n) is 7.18. The maximum atomic E-state index is 15.3. The van der Waals surface area contributed by atoms with Gasteiger partial charge >= 0.3 is 0 Å². The molecule has 4 aromatic heterocycles. The molecule has 1 saturated heterocycles. The first-order valence-corrected chi connectivity index (χ1v) is 13.7. The summed E-state index contributed by atoms with van der Waals surface area (Å²) in [7, 11) is 1.69. The molecule has 0 N–H and O–H groups in total. The molecular formula is C26H27ClFN7O3S. The highest BCUT2D eigenvalue weighted by Gasteiger charge is 2.40. The van der Waals surface area contributed by atoms with Gasteiger partial charge in [-0.3, -0.25) is 9.78 Å². The summed E-state index contributed by atoms with van der Waals surface area (Å²) in [5.74, 6) is 0.167. The Hall–Kier alpha value is -3.35. The maximum absolute atomic E-state index is 15.3. The van der Waals surface area contributed by atoms with Crippen molar-refractivity contribution in [2.24, 2.45) is 0 Å². The monoisotopic (exact) mass is 571 g/mol. The van der Waals surface area contributed by atoms with Gasteiger partial charge in [-0.05, 0) is 44.5 Å². The van der Waals surface area contributed by atoms with E-state index >= 15 is 4.39 Å². The molecule has 0 aliphatic carbocycles. The van der Waals surface area contributed by atoms with Crippen LogP contribution in [0.3, 0.4) is 0 Å². The average Bonchev–Trinajstić information content (AvgIpc) is 3.41. The maximum Gasteiger partial charge on any atom is 0.261 e. The lowest BCUT2D eigenvalue weighted by molar-refractivity contribution is -0.135. The van der Waals surface area contributed by atoms with Gasteiger partial charge in [-0.15, -0.1) is 0 Å². The van der Waals surface area contributed by atoms with E-state index in [2.05, 4.69) is 20.0 Å². The van der Waals surface area contributed by atoms with Crippen LogP contribution in [0.4, 0.5) is 10.2 Å². The summed E-state index contributed by atoms with van der Waals surface area (Å²) in [6.45, 7) is 7.12. The topological polar surface area (TPSA) is 98.0 Å². The number of imidazole rings is 1. The summed E-state index contributed by atoms with van der Waals surface area (Å²) in [5, 5.41) is 5.55. The lowest BCUT2D eigenvalue weighted by atomic mass is 9.96. The van der Waals surface area contributed by atoms with E-state index in [1.807, 2.05) is 13.8 Å². The van der Waals surface area contributed by atoms with E-state index in [1.54, 1.807) is 41.8 Å². The zero-order valence-corrected chi connectivity index (χ0v) is 23.5. The summed E-state index contributed by atoms with van der Waals surface area (Å²) in [6.07, 6.45) is 2.10. The predicted octanol–water partition coefficient (Wildman–Crippen LogP) is 3.77. The number of hydrogen-bond donors (Lipinski definition) is 0. The smallest absolute Gasteiger partial charge is 0.261 e. The number of nitrogens with zero attached hydrogens (tertiary/aromatic N) is 7. The molecule has 2 aliphatic heterocycles. The largest absolute Gasteiger partial charge is 0.481 e. The number of rotatable bonds is 6. The van der Waals surface area contributed by atoms with Gasteiger partial charge in [0, 0.05) is 39.4 Å². The highest BCUT2D eigenvalue weighted by molar-refractivity contribution is 7.16. The first kappa shape index (κ1) is 25.9. The van der Waals surface area contributed by atoms with E-state index in [0.717, 1.165) is 10.7 Å². The second-order valence-electron chi connectivity index (χ2n) is 10.1. The summed E-state index contributed by atoms with van der Waals surface area (Å²) in [4.78, 5) is 31.4. The first-order chi connectivity index (χ1) is 18.7. The lowest BCUT2D eigenvalue weighted by Gasteiger charge is -2.47. The molecule has 10 nitrogen and oxygen atoms in total. The molecule has 6 heterocycles. The van der Waals surface area contributed by atoms with E-state index in [0.29, 0.717) is 53.8 Å². The molecule has 0 radical (unpaired) electrons. The number of halogens is 2. The van der Waals surface area contributed by atoms with Crippen molar-refractivity contribution in [2.45, 2.75) is 38.8 Å². The molecule has 13 heteroatoms. The standard InChI is InChI=1S/C26H27ClFN7O3S/c1-14-9-16(28)21(29-10-14)23-22-17(30-25-35(22)32-15(2)39-25)7-8-34(23)20(36)11-38-18-5-6-19(31-24(18)27)33-12-26(3,13-33)37-4/h5-6,9-10,23H,7-8,11-13H2,1-4H3/t23-/m1/s1. The zero-order chi connectivity index (χ0) is 27.5. The van der Waals surface area contributed by atoms with Gasteiger partial charge in [-0.25, -0.2) is 18.9 Å². The fourth-order valence-electron chi connectivity index (χ4n) is 5.12. The van der Waals surface area contributed by atoms with Crippen LogP contribution >= 0.6 is 22.9 Å². The van der Waals surface area contributed by atoms with Crippen molar-refractivity contribution in [3.8, 4) is 5.75 Å². The third kappa shape index (κ3) is 4.60. The molecule has 0 unspecified atom stereocenters. The first-order valence-electron chi connectivity index (χ1n) is 12.5. The van der Waals surface area contributed by atoms with Crippen LogP contribution in [0.5, 0.6) is 5.75 Å². The molecule has 0 bridgehead atoms. The number of anilines is 1. The summed E-state index contributed by atoms with van der Waals surface area (Å²) in [6, 6.07) is 4.11. The SMILES string of the molecule is COC1(C)CN(c2ccc(OCC(=O)N3CCc4nc5sc(C)nn5c4[C@H]3c3ncc(C)cc3F)c(Cl)n2)C1. The van der Waals surface area contributed by atoms with Crippen LogP contribution < -0.4 is 9.64 Å². The molecule has 39 heavy (non-hydrogen) atoms. The van der Waals surface area contributed by atoms with Gasteiger partial charge in [0.15, 0.2) is 17.5 Å². The van der Waals surface area contributed by atoms with Crippen molar-refractivity contribution in [3.63, 3.8) is 0 Å². The van der Waals surface area contributed by atoms with Crippen LogP contribution in [0.25, 0.3) is 4.96 Å². The van der Waals surface area contributed by atoms with Gasteiger partial charge in [0.25, 0.3) is 5.91 Å². The third-order valence-corrected chi connectivity index (χ3v) is 8.27. The molecule has 4 aromatic rings. The quantitative estimate of drug-likeness (QED) is 0.323. The average molecular weight is 572 g/mol. The number of carbonyl (C=O) groups is 1. The Morgan fingerprint density at radius 3 is 2.79 bits per heavy atom. The summed E-state index contributed by atoms with van der Waals surface area (Å²) >= 11 is 7.86. The van der Waals surface area contributed by atoms with Gasteiger partial charge in [-0.1, -0.05) is 22.9 Å². The molecule has 0 aromatic carbocycles. The Kier molecular flexibility index (Phi) is 6.43. The van der Waals surface area contributed by atoms with Crippen molar-refractivity contribution in [1.82, 2.24) is 29.5 Å². The molecule has 6 rings (SSSR count). The number of hydrogen-bond acceptors (Lipinski definition) is 9. The minimum absolute atomic E-state index is 0.143. The fraction of sp³-hybridized carbons (Fsp3) is 0.423. The number of methoxy groups -OCH3 is 1. The Morgan fingerprint density at radius 1 is 1.28 bits per heavy atom. The second-order valence-corrected chi connectivity index (χ2v) is 11.7. The number of amides is 1. The summed E-state index contributed by atoms with van der Waals surface area (Å²) in [5.41, 5.74) is 2.05. The van der Waals surface area contributed by atoms with Gasteiger partial charge in [0.2, 0.25) is 4.96 Å². The van der Waals surface area contributed by atoms with E-state index in [9.17, 15) is 4.79 Å². The second kappa shape index (κ2) is 9.68. The highest BCUT2D eigenvalue weighted by Crippen LogP contribution is 2.37. The van der Waals surface area contributed by atoms with Crippen LogP contribution in [0.1, 0.15) is 40.6 Å². The van der Waals surface area contributed by atoms with E-state index in [-0.39, 0.29) is 29.0 Å². The van der Waals surface area contributed by atoms with Crippen molar-refractivity contribution >= 4 is 39.6 Å². The molecule has 1 atom stereocenters. The van der Waals surface area contributed by atoms with E-state index in [4.69, 9.17) is 26.1 Å². The number of fused-ring (bicyclic) bond motifs is 3. The Balaban J connectivity index is 1.25. The van der Waals surface area contributed by atoms with Crippen LogP contribution in [0, 0.1) is 19.7 Å². The Bertz CT molecular complexity index is 1590. The Labute approximate surface area is 233 Å². The van der Waals surface area contributed by atoms with Gasteiger partial charge in [-0.2, -0.15) is 5.10 Å². The predicted molar refractivity (Wildman–Crippen MR) is 144 cm³/mol. The van der Waals surface area contributed by atoms with Crippen molar-refractivity contribution in [2.75, 3.05) is 38.3 Å². The van der Waals surface area contributed by atoms with E-state index in [1.165, 1.54) is 17.4 Å². The molecule has 2 aliphatic rings.